The van der Waals surface area contributed by atoms with Crippen molar-refractivity contribution >= 4 is 11.6 Å². The van der Waals surface area contributed by atoms with E-state index in [1.807, 2.05) is 24.3 Å². The largest absolute Gasteiger partial charge is 0.339 e. The van der Waals surface area contributed by atoms with Crippen LogP contribution in [0, 0.1) is 13.8 Å². The van der Waals surface area contributed by atoms with Crippen molar-refractivity contribution in [1.29, 1.82) is 0 Å². The minimum atomic E-state index is -0.316. The van der Waals surface area contributed by atoms with Crippen LogP contribution in [0.1, 0.15) is 33.3 Å². The van der Waals surface area contributed by atoms with Gasteiger partial charge >= 0.3 is 0 Å². The molecule has 26 heavy (non-hydrogen) atoms. The van der Waals surface area contributed by atoms with Crippen molar-refractivity contribution < 1.29 is 9.53 Å². The first kappa shape index (κ1) is 16.4. The van der Waals surface area contributed by atoms with Crippen LogP contribution in [0.3, 0.4) is 0 Å². The van der Waals surface area contributed by atoms with E-state index in [-0.39, 0.29) is 18.2 Å². The van der Waals surface area contributed by atoms with Crippen LogP contribution in [0.5, 0.6) is 0 Å². The predicted octanol–water partition coefficient (Wildman–Crippen LogP) is 3.42. The molecule has 0 bridgehead atoms. The second kappa shape index (κ2) is 6.69. The normalized spacial score (nSPS) is 21.0. The third-order valence-corrected chi connectivity index (χ3v) is 4.59. The third kappa shape index (κ3) is 3.21. The zero-order valence-corrected chi connectivity index (χ0v) is 14.6. The Kier molecular flexibility index (Phi) is 4.22. The van der Waals surface area contributed by atoms with Crippen molar-refractivity contribution in [3.8, 4) is 0 Å². The minimum Gasteiger partial charge on any atom is -0.339 e. The van der Waals surface area contributed by atoms with Crippen LogP contribution < -0.4 is 5.32 Å². The highest BCUT2D eigenvalue weighted by molar-refractivity contribution is 6.04. The van der Waals surface area contributed by atoms with Crippen LogP contribution in [-0.4, -0.2) is 22.7 Å². The maximum Gasteiger partial charge on any atom is 0.257 e. The molecular formula is C21H19N3O2. The molecule has 0 fully saturated rings. The van der Waals surface area contributed by atoms with E-state index in [1.165, 1.54) is 17.3 Å². The number of carbonyl (C=O) groups is 1. The number of allylic oxidation sites excluding steroid dienone is 1. The van der Waals surface area contributed by atoms with Crippen molar-refractivity contribution in [3.63, 3.8) is 0 Å². The van der Waals surface area contributed by atoms with Gasteiger partial charge in [0.1, 0.15) is 6.10 Å². The highest BCUT2D eigenvalue weighted by Crippen LogP contribution is 2.31. The molecule has 1 aromatic carbocycles. The van der Waals surface area contributed by atoms with Crippen molar-refractivity contribution in [2.24, 2.45) is 4.99 Å². The number of fused-ring (bicyclic) bond motifs is 1. The number of benzene rings is 1. The van der Waals surface area contributed by atoms with Gasteiger partial charge in [-0.25, -0.2) is 0 Å². The van der Waals surface area contributed by atoms with Crippen molar-refractivity contribution in [3.05, 3.63) is 88.9 Å². The Balaban J connectivity index is 1.52. The summed E-state index contributed by atoms with van der Waals surface area (Å²) in [5.74, 6) is -0.197. The highest BCUT2D eigenvalue weighted by atomic mass is 16.5. The van der Waals surface area contributed by atoms with Crippen LogP contribution in [0.15, 0.2) is 71.6 Å². The molecule has 2 aliphatic rings. The summed E-state index contributed by atoms with van der Waals surface area (Å²) in [4.78, 5) is 20.9. The number of nitrogens with zero attached hydrogens (tertiary/aromatic N) is 2. The van der Waals surface area contributed by atoms with E-state index in [0.29, 0.717) is 11.3 Å². The molecule has 0 radical (unpaired) electrons. The molecule has 1 aliphatic heterocycles. The SMILES string of the molecule is Cc1ccc([C@@H]2N=C3C=C(NC(=O)c4cccnc4)C=C[C@@H]3O2)cc1C. The number of pyridine rings is 1. The third-order valence-electron chi connectivity index (χ3n) is 4.59. The summed E-state index contributed by atoms with van der Waals surface area (Å²) in [6.45, 7) is 4.17. The average Bonchev–Trinajstić information content (AvgIpc) is 3.08. The van der Waals surface area contributed by atoms with E-state index < -0.39 is 0 Å². The lowest BCUT2D eigenvalue weighted by Gasteiger charge is -2.15. The Hall–Kier alpha value is -3.05. The van der Waals surface area contributed by atoms with E-state index in [4.69, 9.17) is 4.74 Å². The molecule has 5 heteroatoms. The van der Waals surface area contributed by atoms with E-state index in [2.05, 4.69) is 41.3 Å². The molecule has 4 rings (SSSR count). The first-order valence-electron chi connectivity index (χ1n) is 8.52. The summed E-state index contributed by atoms with van der Waals surface area (Å²) >= 11 is 0. The number of aryl methyl sites for hydroxylation is 2. The van der Waals surface area contributed by atoms with Gasteiger partial charge in [-0.15, -0.1) is 0 Å². The lowest BCUT2D eigenvalue weighted by Crippen LogP contribution is -2.26. The van der Waals surface area contributed by atoms with Crippen LogP contribution in [0.25, 0.3) is 0 Å². The molecule has 2 aromatic rings. The molecule has 130 valence electrons. The average molecular weight is 345 g/mol. The van der Waals surface area contributed by atoms with E-state index in [9.17, 15) is 4.79 Å². The van der Waals surface area contributed by atoms with Gasteiger partial charge in [0, 0.05) is 23.7 Å². The van der Waals surface area contributed by atoms with Gasteiger partial charge in [0.15, 0.2) is 6.23 Å². The van der Waals surface area contributed by atoms with Gasteiger partial charge in [-0.05, 0) is 55.3 Å². The molecule has 1 aliphatic carbocycles. The smallest absolute Gasteiger partial charge is 0.257 e. The molecule has 2 heterocycles. The zero-order chi connectivity index (χ0) is 18.1. The summed E-state index contributed by atoms with van der Waals surface area (Å²) in [6, 6.07) is 9.71. The maximum absolute atomic E-state index is 12.3. The molecule has 1 aromatic heterocycles. The monoisotopic (exact) mass is 345 g/mol. The van der Waals surface area contributed by atoms with Crippen LogP contribution >= 0.6 is 0 Å². The van der Waals surface area contributed by atoms with E-state index in [1.54, 1.807) is 18.3 Å². The summed E-state index contributed by atoms with van der Waals surface area (Å²) in [6.07, 6.45) is 8.30. The van der Waals surface area contributed by atoms with Gasteiger partial charge in [0.25, 0.3) is 5.91 Å². The van der Waals surface area contributed by atoms with Crippen LogP contribution in [0.4, 0.5) is 0 Å². The topological polar surface area (TPSA) is 63.6 Å². The molecule has 5 nitrogen and oxygen atoms in total. The lowest BCUT2D eigenvalue weighted by atomic mass is 10.1. The summed E-state index contributed by atoms with van der Waals surface area (Å²) < 4.78 is 6.03. The van der Waals surface area contributed by atoms with Crippen LogP contribution in [0.2, 0.25) is 0 Å². The van der Waals surface area contributed by atoms with Crippen LogP contribution in [-0.2, 0) is 4.74 Å². The summed E-state index contributed by atoms with van der Waals surface area (Å²) in [5.41, 5.74) is 5.53. The Morgan fingerprint density at radius 3 is 2.85 bits per heavy atom. The number of rotatable bonds is 3. The Morgan fingerprint density at radius 1 is 1.19 bits per heavy atom. The number of aliphatic imine (C=N–C) groups is 1. The number of amides is 1. The number of aromatic nitrogens is 1. The van der Waals surface area contributed by atoms with Crippen molar-refractivity contribution in [1.82, 2.24) is 10.3 Å². The minimum absolute atomic E-state index is 0.180. The first-order chi connectivity index (χ1) is 12.6. The Labute approximate surface area is 152 Å². The quantitative estimate of drug-likeness (QED) is 0.927. The van der Waals surface area contributed by atoms with Gasteiger partial charge < -0.3 is 10.1 Å². The molecule has 0 spiro atoms. The Bertz CT molecular complexity index is 945. The maximum atomic E-state index is 12.3. The Morgan fingerprint density at radius 2 is 2.08 bits per heavy atom. The zero-order valence-electron chi connectivity index (χ0n) is 14.6. The van der Waals surface area contributed by atoms with Crippen molar-refractivity contribution in [2.75, 3.05) is 0 Å². The second-order valence-electron chi connectivity index (χ2n) is 6.46. The van der Waals surface area contributed by atoms with E-state index >= 15 is 0 Å². The van der Waals surface area contributed by atoms with Crippen molar-refractivity contribution in [2.45, 2.75) is 26.2 Å². The number of hydrogen-bond donors (Lipinski definition) is 1. The van der Waals surface area contributed by atoms with Gasteiger partial charge in [0.2, 0.25) is 0 Å². The number of hydrogen-bond acceptors (Lipinski definition) is 4. The fraction of sp³-hybridized carbons (Fsp3) is 0.190. The fourth-order valence-corrected chi connectivity index (χ4v) is 2.96. The molecule has 0 saturated heterocycles. The van der Waals surface area contributed by atoms with Gasteiger partial charge in [-0.1, -0.05) is 18.2 Å². The van der Waals surface area contributed by atoms with Gasteiger partial charge in [-0.3, -0.25) is 14.8 Å². The van der Waals surface area contributed by atoms with E-state index in [0.717, 1.165) is 11.3 Å². The standard InChI is InChI=1S/C21H19N3O2/c1-13-5-6-15(10-14(13)2)21-24-18-11-17(7-8-19(18)26-21)23-20(25)16-4-3-9-22-12-16/h3-12,19,21H,1-2H3,(H,23,25)/t19-,21+/m0/s1. The number of carbonyl (C=O) groups excluding carboxylic acids is 1. The lowest BCUT2D eigenvalue weighted by molar-refractivity contribution is 0.0732. The molecule has 1 amide bonds. The number of nitrogens with one attached hydrogen (secondary N) is 1. The fourth-order valence-electron chi connectivity index (χ4n) is 2.96. The first-order valence-corrected chi connectivity index (χ1v) is 8.52. The molecule has 1 N–H and O–H groups in total. The van der Waals surface area contributed by atoms with Gasteiger partial charge in [-0.2, -0.15) is 0 Å². The molecule has 0 unspecified atom stereocenters. The molecular weight excluding hydrogens is 326 g/mol. The molecule has 0 saturated carbocycles. The molecule has 2 atom stereocenters. The van der Waals surface area contributed by atoms with Gasteiger partial charge in [0.05, 0.1) is 11.3 Å². The second-order valence-corrected chi connectivity index (χ2v) is 6.46. The summed E-state index contributed by atoms with van der Waals surface area (Å²) in [5, 5.41) is 2.88. The predicted molar refractivity (Wildman–Crippen MR) is 99.9 cm³/mol. The highest BCUT2D eigenvalue weighted by Gasteiger charge is 2.29. The summed E-state index contributed by atoms with van der Waals surface area (Å²) in [7, 11) is 0. The number of ether oxygens (including phenoxy) is 1.